The lowest BCUT2D eigenvalue weighted by atomic mass is 9.43. The highest BCUT2D eigenvalue weighted by Crippen LogP contribution is 2.71. The molecule has 0 amide bonds. The van der Waals surface area contributed by atoms with Crippen LogP contribution in [-0.4, -0.2) is 28.7 Å². The maximum Gasteiger partial charge on any atom is 0.161 e. The Morgan fingerprint density at radius 1 is 0.963 bits per heavy atom. The van der Waals surface area contributed by atoms with Crippen molar-refractivity contribution in [3.63, 3.8) is 0 Å². The molecule has 0 aromatic carbocycles. The van der Waals surface area contributed by atoms with E-state index in [4.69, 9.17) is 0 Å². The second-order valence-corrected chi connectivity index (χ2v) is 11.3. The van der Waals surface area contributed by atoms with E-state index in [1.165, 1.54) is 0 Å². The van der Waals surface area contributed by atoms with E-state index in [-0.39, 0.29) is 46.1 Å². The van der Waals surface area contributed by atoms with E-state index < -0.39 is 0 Å². The molecular formula is C24H38O3. The zero-order valence-corrected chi connectivity index (χ0v) is 17.9. The fraction of sp³-hybridized carbons (Fsp3) is 0.875. The maximum atomic E-state index is 12.5. The zero-order valence-electron chi connectivity index (χ0n) is 17.9. The van der Waals surface area contributed by atoms with Crippen LogP contribution in [0.1, 0.15) is 86.0 Å². The van der Waals surface area contributed by atoms with Crippen LogP contribution >= 0.6 is 0 Å². The van der Waals surface area contributed by atoms with Gasteiger partial charge in [-0.3, -0.25) is 4.79 Å². The van der Waals surface area contributed by atoms with Gasteiger partial charge in [-0.05, 0) is 78.9 Å². The van der Waals surface area contributed by atoms with E-state index in [1.54, 1.807) is 11.1 Å². The molecule has 0 bridgehead atoms. The summed E-state index contributed by atoms with van der Waals surface area (Å²) >= 11 is 0. The topological polar surface area (TPSA) is 57.5 Å². The molecule has 4 aliphatic rings. The van der Waals surface area contributed by atoms with Gasteiger partial charge in [0, 0.05) is 5.92 Å². The summed E-state index contributed by atoms with van der Waals surface area (Å²) in [5.41, 5.74) is 3.56. The van der Waals surface area contributed by atoms with E-state index in [2.05, 4.69) is 34.6 Å². The molecule has 0 aliphatic heterocycles. The number of carbonyl (C=O) groups is 1. The summed E-state index contributed by atoms with van der Waals surface area (Å²) in [5, 5.41) is 20.2. The molecule has 0 saturated heterocycles. The summed E-state index contributed by atoms with van der Waals surface area (Å²) in [4.78, 5) is 12.5. The number of hydrogen-bond donors (Lipinski definition) is 2. The van der Waals surface area contributed by atoms with Crippen molar-refractivity contribution in [2.45, 2.75) is 92.1 Å². The Bertz CT molecular complexity index is 692. The second-order valence-electron chi connectivity index (χ2n) is 11.3. The summed E-state index contributed by atoms with van der Waals surface area (Å²) in [6.45, 7) is 11.4. The van der Waals surface area contributed by atoms with Crippen molar-refractivity contribution in [3.8, 4) is 0 Å². The third-order valence-electron chi connectivity index (χ3n) is 10.3. The molecule has 4 rings (SSSR count). The third-order valence-corrected chi connectivity index (χ3v) is 10.3. The van der Waals surface area contributed by atoms with Gasteiger partial charge >= 0.3 is 0 Å². The molecule has 6 unspecified atom stereocenters. The minimum atomic E-state index is -0.311. The SMILES string of the molecule is CC12CCC(O)C(C)(C)C1CCC1=C2CCC2(C)C(C(=O)CO)CCC12C. The van der Waals surface area contributed by atoms with Gasteiger partial charge < -0.3 is 10.2 Å². The largest absolute Gasteiger partial charge is 0.393 e. The fourth-order valence-electron chi connectivity index (χ4n) is 8.30. The summed E-state index contributed by atoms with van der Waals surface area (Å²) in [6.07, 6.45) is 8.23. The van der Waals surface area contributed by atoms with Crippen molar-refractivity contribution in [1.29, 1.82) is 0 Å². The van der Waals surface area contributed by atoms with E-state index in [0.29, 0.717) is 5.92 Å². The van der Waals surface area contributed by atoms with Gasteiger partial charge in [-0.25, -0.2) is 0 Å². The predicted molar refractivity (Wildman–Crippen MR) is 107 cm³/mol. The number of rotatable bonds is 2. The van der Waals surface area contributed by atoms with Crippen LogP contribution in [-0.2, 0) is 4.79 Å². The maximum absolute atomic E-state index is 12.5. The molecule has 3 nitrogen and oxygen atoms in total. The first-order valence-corrected chi connectivity index (χ1v) is 11.1. The van der Waals surface area contributed by atoms with Gasteiger partial charge in [0.05, 0.1) is 6.10 Å². The lowest BCUT2D eigenvalue weighted by Gasteiger charge is -2.61. The van der Waals surface area contributed by atoms with E-state index in [9.17, 15) is 15.0 Å². The van der Waals surface area contributed by atoms with Gasteiger partial charge in [-0.15, -0.1) is 0 Å². The van der Waals surface area contributed by atoms with E-state index >= 15 is 0 Å². The number of Topliss-reactive ketones (excluding diaryl/α,β-unsaturated/α-hetero) is 1. The van der Waals surface area contributed by atoms with Crippen molar-refractivity contribution in [3.05, 3.63) is 11.1 Å². The summed E-state index contributed by atoms with van der Waals surface area (Å²) in [7, 11) is 0. The first kappa shape index (κ1) is 19.6. The predicted octanol–water partition coefficient (Wildman–Crippen LogP) is 4.66. The Morgan fingerprint density at radius 2 is 1.67 bits per heavy atom. The van der Waals surface area contributed by atoms with Gasteiger partial charge in [-0.2, -0.15) is 0 Å². The molecule has 3 heteroatoms. The molecule has 27 heavy (non-hydrogen) atoms. The Hall–Kier alpha value is -0.670. The number of hydrogen-bond acceptors (Lipinski definition) is 3. The number of ketones is 1. The number of aliphatic hydroxyl groups is 2. The lowest BCUT2D eigenvalue weighted by molar-refractivity contribution is -0.131. The van der Waals surface area contributed by atoms with Crippen LogP contribution in [0, 0.1) is 33.5 Å². The number of aliphatic hydroxyl groups excluding tert-OH is 2. The molecule has 0 aromatic rings. The zero-order chi connectivity index (χ0) is 19.8. The van der Waals surface area contributed by atoms with E-state index in [1.807, 2.05) is 0 Å². The molecular weight excluding hydrogens is 336 g/mol. The first-order valence-electron chi connectivity index (χ1n) is 11.1. The standard InChI is InChI=1S/C24H38O3/c1-21(2)19-7-6-16-15(22(19,3)11-10-20(21)27)8-12-24(5)17(18(26)14-25)9-13-23(16,24)4/h17,19-20,25,27H,6-14H2,1-5H3. The fourth-order valence-corrected chi connectivity index (χ4v) is 8.30. The summed E-state index contributed by atoms with van der Waals surface area (Å²) in [5.74, 6) is 0.598. The molecule has 0 aromatic heterocycles. The molecule has 0 radical (unpaired) electrons. The average molecular weight is 375 g/mol. The number of fused-ring (bicyclic) bond motifs is 4. The Kier molecular flexibility index (Phi) is 4.31. The minimum absolute atomic E-state index is 0.0108. The van der Waals surface area contributed by atoms with Crippen LogP contribution in [0.15, 0.2) is 11.1 Å². The molecule has 2 saturated carbocycles. The normalized spacial score (nSPS) is 48.6. The van der Waals surface area contributed by atoms with Crippen molar-refractivity contribution in [1.82, 2.24) is 0 Å². The molecule has 6 atom stereocenters. The Labute approximate surface area is 164 Å². The van der Waals surface area contributed by atoms with Crippen LogP contribution < -0.4 is 0 Å². The van der Waals surface area contributed by atoms with Crippen molar-refractivity contribution in [2.75, 3.05) is 6.61 Å². The first-order chi connectivity index (χ1) is 12.5. The summed E-state index contributed by atoms with van der Waals surface area (Å²) in [6, 6.07) is 0. The molecule has 152 valence electrons. The van der Waals surface area contributed by atoms with Crippen LogP contribution in [0.3, 0.4) is 0 Å². The van der Waals surface area contributed by atoms with Gasteiger partial charge in [-0.1, -0.05) is 45.8 Å². The molecule has 2 fully saturated rings. The lowest BCUT2D eigenvalue weighted by Crippen LogP contribution is -2.55. The van der Waals surface area contributed by atoms with E-state index in [0.717, 1.165) is 51.4 Å². The summed E-state index contributed by atoms with van der Waals surface area (Å²) < 4.78 is 0. The van der Waals surface area contributed by atoms with Gasteiger partial charge in [0.2, 0.25) is 0 Å². The van der Waals surface area contributed by atoms with Crippen molar-refractivity contribution in [2.24, 2.45) is 33.5 Å². The minimum Gasteiger partial charge on any atom is -0.393 e. The van der Waals surface area contributed by atoms with Gasteiger partial charge in [0.15, 0.2) is 5.78 Å². The third kappa shape index (κ3) is 2.31. The van der Waals surface area contributed by atoms with Crippen LogP contribution in [0.25, 0.3) is 0 Å². The highest BCUT2D eigenvalue weighted by Gasteiger charge is 2.63. The second kappa shape index (κ2) is 5.92. The molecule has 0 heterocycles. The molecule has 2 N–H and O–H groups in total. The highest BCUT2D eigenvalue weighted by molar-refractivity contribution is 5.83. The highest BCUT2D eigenvalue weighted by atomic mass is 16.3. The Morgan fingerprint density at radius 3 is 2.33 bits per heavy atom. The molecule has 4 aliphatic carbocycles. The van der Waals surface area contributed by atoms with Gasteiger partial charge in [0.1, 0.15) is 6.61 Å². The smallest absolute Gasteiger partial charge is 0.161 e. The van der Waals surface area contributed by atoms with Crippen molar-refractivity contribution < 1.29 is 15.0 Å². The van der Waals surface area contributed by atoms with Crippen LogP contribution in [0.5, 0.6) is 0 Å². The van der Waals surface area contributed by atoms with Crippen LogP contribution in [0.4, 0.5) is 0 Å². The average Bonchev–Trinajstić information content (AvgIpc) is 2.90. The Balaban J connectivity index is 1.79. The monoisotopic (exact) mass is 374 g/mol. The number of carbonyl (C=O) groups excluding carboxylic acids is 1. The molecule has 0 spiro atoms. The number of allylic oxidation sites excluding steroid dienone is 2. The van der Waals surface area contributed by atoms with Gasteiger partial charge in [0.25, 0.3) is 0 Å². The van der Waals surface area contributed by atoms with Crippen LogP contribution in [0.2, 0.25) is 0 Å². The van der Waals surface area contributed by atoms with Crippen molar-refractivity contribution >= 4 is 5.78 Å². The quantitative estimate of drug-likeness (QED) is 0.691.